The highest BCUT2D eigenvalue weighted by molar-refractivity contribution is 5.75. The highest BCUT2D eigenvalue weighted by Crippen LogP contribution is 2.20. The molecule has 0 spiro atoms. The summed E-state index contributed by atoms with van der Waals surface area (Å²) in [5.74, 6) is 1.21. The fourth-order valence-corrected chi connectivity index (χ4v) is 2.00. The second kappa shape index (κ2) is 12.4. The number of ether oxygens (including phenoxy) is 1. The largest absolute Gasteiger partial charge is 0.394 e. The smallest absolute Gasteiger partial charge is 0.220 e. The van der Waals surface area contributed by atoms with Crippen LogP contribution >= 0.6 is 0 Å². The van der Waals surface area contributed by atoms with Crippen molar-refractivity contribution in [2.75, 3.05) is 32.9 Å². The number of aliphatic hydroxyl groups is 1. The van der Waals surface area contributed by atoms with Crippen LogP contribution in [0.3, 0.4) is 0 Å². The average Bonchev–Trinajstić information content (AvgIpc) is 2.38. The van der Waals surface area contributed by atoms with E-state index >= 15 is 0 Å². The Labute approximate surface area is 116 Å². The van der Waals surface area contributed by atoms with Crippen molar-refractivity contribution in [2.45, 2.75) is 39.5 Å². The fraction of sp³-hybridized carbons (Fsp3) is 0.929. The Hall–Kier alpha value is -0.650. The van der Waals surface area contributed by atoms with Gasteiger partial charge >= 0.3 is 0 Å². The van der Waals surface area contributed by atoms with Gasteiger partial charge in [0.1, 0.15) is 0 Å². The van der Waals surface area contributed by atoms with Gasteiger partial charge in [0.05, 0.1) is 13.2 Å². The van der Waals surface area contributed by atoms with E-state index in [1.165, 1.54) is 0 Å². The molecule has 0 saturated carbocycles. The SMILES string of the molecule is CC(C)C(CCN)CCC(=O)NCCCOCCO. The second-order valence-electron chi connectivity index (χ2n) is 5.16. The maximum Gasteiger partial charge on any atom is 0.220 e. The molecule has 5 heteroatoms. The first kappa shape index (κ1) is 18.4. The Kier molecular flexibility index (Phi) is 12.0. The van der Waals surface area contributed by atoms with Crippen molar-refractivity contribution in [3.63, 3.8) is 0 Å². The summed E-state index contributed by atoms with van der Waals surface area (Å²) in [5, 5.41) is 11.4. The number of aliphatic hydroxyl groups excluding tert-OH is 1. The first-order valence-electron chi connectivity index (χ1n) is 7.27. The van der Waals surface area contributed by atoms with Crippen molar-refractivity contribution in [2.24, 2.45) is 17.6 Å². The lowest BCUT2D eigenvalue weighted by Gasteiger charge is -2.19. The van der Waals surface area contributed by atoms with Crippen LogP contribution in [0, 0.1) is 11.8 Å². The van der Waals surface area contributed by atoms with Crippen LogP contribution in [-0.4, -0.2) is 43.9 Å². The van der Waals surface area contributed by atoms with Gasteiger partial charge in [-0.15, -0.1) is 0 Å². The summed E-state index contributed by atoms with van der Waals surface area (Å²) in [4.78, 5) is 11.6. The minimum absolute atomic E-state index is 0.0457. The van der Waals surface area contributed by atoms with Crippen molar-refractivity contribution in [3.8, 4) is 0 Å². The van der Waals surface area contributed by atoms with Crippen LogP contribution in [-0.2, 0) is 9.53 Å². The molecule has 0 bridgehead atoms. The molecule has 0 aliphatic carbocycles. The van der Waals surface area contributed by atoms with E-state index in [0.717, 1.165) is 19.3 Å². The third-order valence-electron chi connectivity index (χ3n) is 3.25. The number of nitrogens with two attached hydrogens (primary N) is 1. The molecule has 0 fully saturated rings. The summed E-state index contributed by atoms with van der Waals surface area (Å²) in [5.41, 5.74) is 5.58. The molecule has 19 heavy (non-hydrogen) atoms. The molecule has 0 aromatic rings. The third-order valence-corrected chi connectivity index (χ3v) is 3.25. The number of amides is 1. The van der Waals surface area contributed by atoms with Crippen molar-refractivity contribution in [1.82, 2.24) is 5.32 Å². The predicted octanol–water partition coefficient (Wildman–Crippen LogP) is 0.903. The van der Waals surface area contributed by atoms with E-state index in [0.29, 0.717) is 44.6 Å². The van der Waals surface area contributed by atoms with Crippen LogP contribution in [0.1, 0.15) is 39.5 Å². The third kappa shape index (κ3) is 10.9. The summed E-state index contributed by atoms with van der Waals surface area (Å²) < 4.78 is 5.11. The number of carbonyl (C=O) groups is 1. The second-order valence-corrected chi connectivity index (χ2v) is 5.16. The highest BCUT2D eigenvalue weighted by atomic mass is 16.5. The lowest BCUT2D eigenvalue weighted by Crippen LogP contribution is -2.26. The summed E-state index contributed by atoms with van der Waals surface area (Å²) in [6.07, 6.45) is 3.24. The van der Waals surface area contributed by atoms with E-state index in [2.05, 4.69) is 19.2 Å². The lowest BCUT2D eigenvalue weighted by molar-refractivity contribution is -0.121. The maximum atomic E-state index is 11.6. The molecular weight excluding hydrogens is 244 g/mol. The van der Waals surface area contributed by atoms with Gasteiger partial charge in [0.15, 0.2) is 0 Å². The summed E-state index contributed by atoms with van der Waals surface area (Å²) in [7, 11) is 0. The summed E-state index contributed by atoms with van der Waals surface area (Å²) >= 11 is 0. The molecule has 0 aromatic carbocycles. The topological polar surface area (TPSA) is 84.6 Å². The molecule has 4 N–H and O–H groups in total. The molecule has 0 saturated heterocycles. The zero-order valence-electron chi connectivity index (χ0n) is 12.4. The number of hydrogen-bond donors (Lipinski definition) is 3. The Balaban J connectivity index is 3.57. The van der Waals surface area contributed by atoms with Crippen LogP contribution in [0.15, 0.2) is 0 Å². The van der Waals surface area contributed by atoms with Crippen LogP contribution in [0.25, 0.3) is 0 Å². The highest BCUT2D eigenvalue weighted by Gasteiger charge is 2.14. The normalized spacial score (nSPS) is 12.7. The van der Waals surface area contributed by atoms with Crippen molar-refractivity contribution < 1.29 is 14.6 Å². The van der Waals surface area contributed by atoms with E-state index in [-0.39, 0.29) is 12.5 Å². The van der Waals surface area contributed by atoms with Gasteiger partial charge in [-0.05, 0) is 37.6 Å². The zero-order chi connectivity index (χ0) is 14.5. The van der Waals surface area contributed by atoms with Gasteiger partial charge in [-0.25, -0.2) is 0 Å². The Morgan fingerprint density at radius 3 is 2.63 bits per heavy atom. The molecule has 114 valence electrons. The van der Waals surface area contributed by atoms with E-state index < -0.39 is 0 Å². The maximum absolute atomic E-state index is 11.6. The fourth-order valence-electron chi connectivity index (χ4n) is 2.00. The molecule has 1 atom stereocenters. The van der Waals surface area contributed by atoms with Gasteiger partial charge in [-0.2, -0.15) is 0 Å². The minimum atomic E-state index is 0.0457. The van der Waals surface area contributed by atoms with E-state index in [4.69, 9.17) is 15.6 Å². The monoisotopic (exact) mass is 274 g/mol. The minimum Gasteiger partial charge on any atom is -0.394 e. The molecule has 1 unspecified atom stereocenters. The summed E-state index contributed by atoms with van der Waals surface area (Å²) in [6.45, 7) is 6.66. The van der Waals surface area contributed by atoms with Crippen LogP contribution in [0.5, 0.6) is 0 Å². The Morgan fingerprint density at radius 1 is 1.32 bits per heavy atom. The van der Waals surface area contributed by atoms with Crippen LogP contribution in [0.4, 0.5) is 0 Å². The predicted molar refractivity (Wildman–Crippen MR) is 76.8 cm³/mol. The number of hydrogen-bond acceptors (Lipinski definition) is 4. The lowest BCUT2D eigenvalue weighted by atomic mass is 9.88. The molecule has 0 radical (unpaired) electrons. The Morgan fingerprint density at radius 2 is 2.05 bits per heavy atom. The molecule has 0 aliphatic heterocycles. The Bertz CT molecular complexity index is 223. The van der Waals surface area contributed by atoms with Crippen LogP contribution < -0.4 is 11.1 Å². The molecular formula is C14H30N2O3. The molecule has 0 rings (SSSR count). The number of nitrogens with one attached hydrogen (secondary N) is 1. The van der Waals surface area contributed by atoms with E-state index in [9.17, 15) is 4.79 Å². The average molecular weight is 274 g/mol. The molecule has 5 nitrogen and oxygen atoms in total. The molecule has 1 amide bonds. The van der Waals surface area contributed by atoms with E-state index in [1.807, 2.05) is 0 Å². The van der Waals surface area contributed by atoms with Gasteiger partial charge in [-0.3, -0.25) is 4.79 Å². The van der Waals surface area contributed by atoms with Gasteiger partial charge < -0.3 is 20.9 Å². The molecule has 0 heterocycles. The van der Waals surface area contributed by atoms with Crippen molar-refractivity contribution in [1.29, 1.82) is 0 Å². The summed E-state index contributed by atoms with van der Waals surface area (Å²) in [6, 6.07) is 0. The van der Waals surface area contributed by atoms with E-state index in [1.54, 1.807) is 0 Å². The van der Waals surface area contributed by atoms with Gasteiger partial charge in [-0.1, -0.05) is 13.8 Å². The van der Waals surface area contributed by atoms with Gasteiger partial charge in [0.2, 0.25) is 5.91 Å². The van der Waals surface area contributed by atoms with Crippen LogP contribution in [0.2, 0.25) is 0 Å². The van der Waals surface area contributed by atoms with Gasteiger partial charge in [0.25, 0.3) is 0 Å². The van der Waals surface area contributed by atoms with Crippen molar-refractivity contribution >= 4 is 5.91 Å². The first-order chi connectivity index (χ1) is 9.11. The standard InChI is InChI=1S/C14H30N2O3/c1-12(2)13(6-7-15)4-5-14(18)16-8-3-10-19-11-9-17/h12-13,17H,3-11,15H2,1-2H3,(H,16,18). The van der Waals surface area contributed by atoms with Gasteiger partial charge in [0, 0.05) is 19.6 Å². The number of rotatable bonds is 12. The van der Waals surface area contributed by atoms with Crippen molar-refractivity contribution in [3.05, 3.63) is 0 Å². The first-order valence-corrected chi connectivity index (χ1v) is 7.27. The molecule has 0 aliphatic rings. The quantitative estimate of drug-likeness (QED) is 0.462. The number of carbonyl (C=O) groups excluding carboxylic acids is 1. The molecule has 0 aromatic heterocycles. The zero-order valence-corrected chi connectivity index (χ0v) is 12.4.